The van der Waals surface area contributed by atoms with Gasteiger partial charge >= 0.3 is 0 Å². The first kappa shape index (κ1) is 20.1. The molecule has 1 aromatic carbocycles. The lowest BCUT2D eigenvalue weighted by Crippen LogP contribution is -2.39. The minimum atomic E-state index is -0.0614. The van der Waals surface area contributed by atoms with Crippen molar-refractivity contribution in [1.29, 1.82) is 5.26 Å². The van der Waals surface area contributed by atoms with Crippen molar-refractivity contribution in [2.45, 2.75) is 32.2 Å². The maximum absolute atomic E-state index is 13.2. The molecule has 5 rings (SSSR count). The Hall–Kier alpha value is -3.79. The number of nitrogens with zero attached hydrogens (tertiary/aromatic N) is 6. The standard InChI is InChI=1S/C25H24N6O/c26-15-18-6-4-7-19(14-18)25(32)31-13-9-22-21(17-31)24(30-11-2-1-3-12-30)29-23(28-22)20-8-5-10-27-16-20/h4-8,10,14,16H,1-3,9,11-13,17H2. The first-order valence-electron chi connectivity index (χ1n) is 11.1. The van der Waals surface area contributed by atoms with Crippen LogP contribution in [0.5, 0.6) is 0 Å². The number of nitriles is 1. The van der Waals surface area contributed by atoms with Crippen LogP contribution in [0, 0.1) is 11.3 Å². The Bertz CT molecular complexity index is 1180. The van der Waals surface area contributed by atoms with Crippen molar-refractivity contribution in [2.24, 2.45) is 0 Å². The van der Waals surface area contributed by atoms with Crippen LogP contribution in [0.15, 0.2) is 48.8 Å². The molecule has 0 bridgehead atoms. The molecule has 0 N–H and O–H groups in total. The van der Waals surface area contributed by atoms with Crippen LogP contribution in [0.2, 0.25) is 0 Å². The second-order valence-electron chi connectivity index (χ2n) is 8.25. The lowest BCUT2D eigenvalue weighted by Gasteiger charge is -2.34. The van der Waals surface area contributed by atoms with E-state index in [4.69, 9.17) is 9.97 Å². The van der Waals surface area contributed by atoms with E-state index in [0.717, 1.165) is 48.6 Å². The van der Waals surface area contributed by atoms with E-state index in [1.807, 2.05) is 17.0 Å². The Kier molecular flexibility index (Phi) is 5.51. The van der Waals surface area contributed by atoms with Gasteiger partial charge in [-0.1, -0.05) is 6.07 Å². The number of aromatic nitrogens is 3. The zero-order valence-corrected chi connectivity index (χ0v) is 17.9. The van der Waals surface area contributed by atoms with Gasteiger partial charge in [-0.15, -0.1) is 0 Å². The number of hydrogen-bond acceptors (Lipinski definition) is 6. The normalized spacial score (nSPS) is 15.7. The average Bonchev–Trinajstić information content (AvgIpc) is 2.88. The van der Waals surface area contributed by atoms with Gasteiger partial charge in [-0.2, -0.15) is 5.26 Å². The Balaban J connectivity index is 1.51. The smallest absolute Gasteiger partial charge is 0.254 e. The number of carbonyl (C=O) groups is 1. The molecule has 0 radical (unpaired) electrons. The van der Waals surface area contributed by atoms with Crippen LogP contribution in [0.3, 0.4) is 0 Å². The third-order valence-electron chi connectivity index (χ3n) is 6.14. The Labute approximate surface area is 187 Å². The van der Waals surface area contributed by atoms with Gasteiger partial charge in [-0.05, 0) is 49.6 Å². The molecule has 160 valence electrons. The lowest BCUT2D eigenvalue weighted by molar-refractivity contribution is 0.0733. The number of amides is 1. The summed E-state index contributed by atoms with van der Waals surface area (Å²) in [6.07, 6.45) is 7.74. The van der Waals surface area contributed by atoms with E-state index in [-0.39, 0.29) is 5.91 Å². The number of piperidine rings is 1. The van der Waals surface area contributed by atoms with E-state index in [0.29, 0.717) is 36.5 Å². The molecule has 7 heteroatoms. The summed E-state index contributed by atoms with van der Waals surface area (Å²) in [5.74, 6) is 1.57. The van der Waals surface area contributed by atoms with E-state index in [1.54, 1.807) is 36.7 Å². The Morgan fingerprint density at radius 2 is 1.91 bits per heavy atom. The molecule has 2 aromatic heterocycles. The minimum absolute atomic E-state index is 0.0614. The third-order valence-corrected chi connectivity index (χ3v) is 6.14. The van der Waals surface area contributed by atoms with E-state index >= 15 is 0 Å². The molecule has 0 aliphatic carbocycles. The quantitative estimate of drug-likeness (QED) is 0.639. The van der Waals surface area contributed by atoms with Gasteiger partial charge in [0.05, 0.1) is 23.9 Å². The van der Waals surface area contributed by atoms with Gasteiger partial charge in [-0.25, -0.2) is 9.97 Å². The molecular formula is C25H24N6O. The van der Waals surface area contributed by atoms with Crippen LogP contribution >= 0.6 is 0 Å². The van der Waals surface area contributed by atoms with Gasteiger partial charge in [0.15, 0.2) is 5.82 Å². The van der Waals surface area contributed by atoms with Crippen molar-refractivity contribution in [3.8, 4) is 17.5 Å². The van der Waals surface area contributed by atoms with Crippen LogP contribution in [-0.2, 0) is 13.0 Å². The summed E-state index contributed by atoms with van der Waals surface area (Å²) in [4.78, 5) is 31.5. The first-order chi connectivity index (χ1) is 15.7. The molecule has 4 heterocycles. The maximum Gasteiger partial charge on any atom is 0.254 e. The second kappa shape index (κ2) is 8.75. The number of carbonyl (C=O) groups excluding carboxylic acids is 1. The van der Waals surface area contributed by atoms with Gasteiger partial charge in [0.1, 0.15) is 5.82 Å². The summed E-state index contributed by atoms with van der Waals surface area (Å²) >= 11 is 0. The van der Waals surface area contributed by atoms with E-state index in [9.17, 15) is 10.1 Å². The monoisotopic (exact) mass is 424 g/mol. The van der Waals surface area contributed by atoms with Crippen molar-refractivity contribution in [3.63, 3.8) is 0 Å². The summed E-state index contributed by atoms with van der Waals surface area (Å²) in [5, 5.41) is 9.18. The van der Waals surface area contributed by atoms with Crippen molar-refractivity contribution in [1.82, 2.24) is 19.9 Å². The highest BCUT2D eigenvalue weighted by Gasteiger charge is 2.29. The number of fused-ring (bicyclic) bond motifs is 1. The fourth-order valence-corrected chi connectivity index (χ4v) is 4.47. The van der Waals surface area contributed by atoms with Gasteiger partial charge < -0.3 is 9.80 Å². The highest BCUT2D eigenvalue weighted by atomic mass is 16.2. The van der Waals surface area contributed by atoms with Crippen LogP contribution in [0.25, 0.3) is 11.4 Å². The predicted molar refractivity (Wildman–Crippen MR) is 121 cm³/mol. The predicted octanol–water partition coefficient (Wildman–Crippen LogP) is 3.60. The number of anilines is 1. The molecule has 0 saturated carbocycles. The molecule has 0 unspecified atom stereocenters. The molecule has 32 heavy (non-hydrogen) atoms. The molecule has 1 amide bonds. The van der Waals surface area contributed by atoms with Gasteiger partial charge in [0.25, 0.3) is 5.91 Å². The molecule has 3 aromatic rings. The molecule has 7 nitrogen and oxygen atoms in total. The molecule has 2 aliphatic heterocycles. The molecule has 0 spiro atoms. The number of pyridine rings is 1. The fraction of sp³-hybridized carbons (Fsp3) is 0.320. The molecule has 1 fully saturated rings. The summed E-state index contributed by atoms with van der Waals surface area (Å²) in [6, 6.07) is 12.9. The lowest BCUT2D eigenvalue weighted by atomic mass is 10.0. The van der Waals surface area contributed by atoms with Gasteiger partial charge in [0, 0.05) is 55.1 Å². The van der Waals surface area contributed by atoms with E-state index in [1.165, 1.54) is 6.42 Å². The highest BCUT2D eigenvalue weighted by molar-refractivity contribution is 5.94. The van der Waals surface area contributed by atoms with Crippen molar-refractivity contribution in [2.75, 3.05) is 24.5 Å². The number of rotatable bonds is 3. The zero-order chi connectivity index (χ0) is 21.9. The van der Waals surface area contributed by atoms with E-state index in [2.05, 4.69) is 16.0 Å². The summed E-state index contributed by atoms with van der Waals surface area (Å²) in [5.41, 5.74) is 3.98. The first-order valence-corrected chi connectivity index (χ1v) is 11.1. The SMILES string of the molecule is N#Cc1cccc(C(=O)N2CCc3nc(-c4cccnc4)nc(N4CCCCC4)c3C2)c1. The van der Waals surface area contributed by atoms with Gasteiger partial charge in [-0.3, -0.25) is 9.78 Å². The summed E-state index contributed by atoms with van der Waals surface area (Å²) in [6.45, 7) is 3.00. The van der Waals surface area contributed by atoms with Crippen LogP contribution in [0.4, 0.5) is 5.82 Å². The van der Waals surface area contributed by atoms with Gasteiger partial charge in [0.2, 0.25) is 0 Å². The topological polar surface area (TPSA) is 86.0 Å². The zero-order valence-electron chi connectivity index (χ0n) is 17.9. The fourth-order valence-electron chi connectivity index (χ4n) is 4.47. The Morgan fingerprint density at radius 3 is 2.69 bits per heavy atom. The van der Waals surface area contributed by atoms with Crippen LogP contribution < -0.4 is 4.90 Å². The highest BCUT2D eigenvalue weighted by Crippen LogP contribution is 2.31. The van der Waals surface area contributed by atoms with Crippen molar-refractivity contribution < 1.29 is 4.79 Å². The third kappa shape index (κ3) is 3.92. The van der Waals surface area contributed by atoms with Crippen molar-refractivity contribution in [3.05, 3.63) is 71.2 Å². The summed E-state index contributed by atoms with van der Waals surface area (Å²) in [7, 11) is 0. The molecule has 1 saturated heterocycles. The second-order valence-corrected chi connectivity index (χ2v) is 8.25. The van der Waals surface area contributed by atoms with Crippen LogP contribution in [0.1, 0.15) is 46.4 Å². The number of hydrogen-bond donors (Lipinski definition) is 0. The maximum atomic E-state index is 13.2. The largest absolute Gasteiger partial charge is 0.356 e. The molecular weight excluding hydrogens is 400 g/mol. The Morgan fingerprint density at radius 1 is 1.03 bits per heavy atom. The summed E-state index contributed by atoms with van der Waals surface area (Å²) < 4.78 is 0. The van der Waals surface area contributed by atoms with Crippen molar-refractivity contribution >= 4 is 11.7 Å². The number of benzene rings is 1. The molecule has 2 aliphatic rings. The average molecular weight is 425 g/mol. The van der Waals surface area contributed by atoms with Crippen LogP contribution in [-0.4, -0.2) is 45.4 Å². The minimum Gasteiger partial charge on any atom is -0.356 e. The molecule has 0 atom stereocenters. The van der Waals surface area contributed by atoms with E-state index < -0.39 is 0 Å².